The molecule has 9 heteroatoms. The maximum absolute atomic E-state index is 12.9. The minimum atomic E-state index is -1.64. The molecule has 0 aliphatic carbocycles. The van der Waals surface area contributed by atoms with Gasteiger partial charge in [0.25, 0.3) is 0 Å². The van der Waals surface area contributed by atoms with E-state index in [-0.39, 0.29) is 38.6 Å². The molecule has 0 aromatic rings. The zero-order valence-corrected chi connectivity index (χ0v) is 57.2. The number of hydrogen-bond donors (Lipinski definition) is 0. The maximum atomic E-state index is 12.9. The summed E-state index contributed by atoms with van der Waals surface area (Å²) in [5, 5.41) is 11.8. The van der Waals surface area contributed by atoms with Crippen molar-refractivity contribution in [3.05, 3.63) is 170 Å². The second-order valence-electron chi connectivity index (χ2n) is 24.1. The number of aliphatic carboxylic acids is 1. The highest BCUT2D eigenvalue weighted by atomic mass is 16.7. The number of quaternary nitrogens is 1. The quantitative estimate of drug-likeness (QED) is 0.0195. The van der Waals surface area contributed by atoms with Crippen LogP contribution in [0.4, 0.5) is 0 Å². The van der Waals surface area contributed by atoms with Crippen molar-refractivity contribution in [1.82, 2.24) is 0 Å². The maximum Gasteiger partial charge on any atom is 0.306 e. The van der Waals surface area contributed by atoms with Gasteiger partial charge < -0.3 is 33.3 Å². The van der Waals surface area contributed by atoms with E-state index < -0.39 is 24.3 Å². The third-order valence-corrected chi connectivity index (χ3v) is 14.5. The predicted molar refractivity (Wildman–Crippen MR) is 379 cm³/mol. The van der Waals surface area contributed by atoms with Crippen LogP contribution in [0.25, 0.3) is 0 Å². The van der Waals surface area contributed by atoms with E-state index in [0.29, 0.717) is 17.4 Å². The second kappa shape index (κ2) is 68.6. The van der Waals surface area contributed by atoms with Crippen molar-refractivity contribution in [1.29, 1.82) is 0 Å². The molecule has 0 aromatic carbocycles. The van der Waals surface area contributed by atoms with Crippen LogP contribution in [0.2, 0.25) is 0 Å². The van der Waals surface area contributed by atoms with Crippen LogP contribution in [-0.4, -0.2) is 82.3 Å². The lowest BCUT2D eigenvalue weighted by Gasteiger charge is -2.26. The Morgan fingerprint density at radius 3 is 0.899 bits per heavy atom. The molecule has 2 unspecified atom stereocenters. The van der Waals surface area contributed by atoms with E-state index in [2.05, 4.69) is 184 Å². The third kappa shape index (κ3) is 70.0. The Morgan fingerprint density at radius 1 is 0.337 bits per heavy atom. The van der Waals surface area contributed by atoms with Crippen LogP contribution in [0.1, 0.15) is 258 Å². The fourth-order valence-corrected chi connectivity index (χ4v) is 9.14. The summed E-state index contributed by atoms with van der Waals surface area (Å²) >= 11 is 0. The number of rotatable bonds is 63. The van der Waals surface area contributed by atoms with E-state index in [1.165, 1.54) is 83.5 Å². The van der Waals surface area contributed by atoms with Crippen molar-refractivity contribution >= 4 is 17.9 Å². The summed E-state index contributed by atoms with van der Waals surface area (Å²) in [6.45, 7) is 4.50. The summed E-state index contributed by atoms with van der Waals surface area (Å²) in [6.07, 6.45) is 99.9. The minimum Gasteiger partial charge on any atom is -0.545 e. The number of unbranched alkanes of at least 4 members (excludes halogenated alkanes) is 20. The number of allylic oxidation sites excluding steroid dienone is 28. The van der Waals surface area contributed by atoms with Gasteiger partial charge in [0.05, 0.1) is 40.3 Å². The third-order valence-electron chi connectivity index (χ3n) is 14.5. The fourth-order valence-electron chi connectivity index (χ4n) is 9.14. The Bertz CT molecular complexity index is 2070. The molecule has 0 heterocycles. The van der Waals surface area contributed by atoms with E-state index in [9.17, 15) is 19.5 Å². The average molecular weight is 1230 g/mol. The molecule has 0 radical (unpaired) electrons. The van der Waals surface area contributed by atoms with E-state index in [4.69, 9.17) is 18.9 Å². The highest BCUT2D eigenvalue weighted by Crippen LogP contribution is 2.16. The summed E-state index contributed by atoms with van der Waals surface area (Å²) < 4.78 is 22.8. The van der Waals surface area contributed by atoms with Crippen LogP contribution in [-0.2, 0) is 33.3 Å². The van der Waals surface area contributed by atoms with Crippen LogP contribution in [0.5, 0.6) is 0 Å². The van der Waals surface area contributed by atoms with Gasteiger partial charge in [0.2, 0.25) is 0 Å². The molecule has 0 fully saturated rings. The smallest absolute Gasteiger partial charge is 0.306 e. The largest absolute Gasteiger partial charge is 0.545 e. The summed E-state index contributed by atoms with van der Waals surface area (Å²) in [7, 11) is 5.92. The number of ether oxygens (including phenoxy) is 4. The first-order valence-corrected chi connectivity index (χ1v) is 35.3. The first-order chi connectivity index (χ1) is 43.6. The SMILES string of the molecule is CC/C=C\C/C=C\C/C=C\C/C=C\C/C=C\C/C=C\C/C=C\CCCCCCCCCCCCCCCC(=O)OC(COC(=O)CCCCCCCCC/C=C\C/C=C\C/C=C\C/C=C\C/C=C\C/C=C\C/C=C\CC)COC(OCC[N+](C)(C)C)C(=O)[O-]. The lowest BCUT2D eigenvalue weighted by molar-refractivity contribution is -0.870. The highest BCUT2D eigenvalue weighted by Gasteiger charge is 2.22. The number of carboxylic acid groups (broad SMARTS) is 1. The van der Waals surface area contributed by atoms with Gasteiger partial charge >= 0.3 is 11.9 Å². The van der Waals surface area contributed by atoms with Crippen molar-refractivity contribution in [3.8, 4) is 0 Å². The van der Waals surface area contributed by atoms with E-state index in [1.54, 1.807) is 0 Å². The van der Waals surface area contributed by atoms with Gasteiger partial charge in [0, 0.05) is 12.8 Å². The molecule has 0 N–H and O–H groups in total. The van der Waals surface area contributed by atoms with Crippen molar-refractivity contribution in [2.45, 2.75) is 270 Å². The molecule has 0 bridgehead atoms. The lowest BCUT2D eigenvalue weighted by atomic mass is 10.0. The van der Waals surface area contributed by atoms with Crippen molar-refractivity contribution in [3.63, 3.8) is 0 Å². The number of likely N-dealkylation sites (N-methyl/N-ethyl adjacent to an activating group) is 1. The van der Waals surface area contributed by atoms with E-state index >= 15 is 0 Å². The van der Waals surface area contributed by atoms with Crippen LogP contribution in [0, 0.1) is 0 Å². The van der Waals surface area contributed by atoms with Gasteiger partial charge in [0.15, 0.2) is 12.4 Å². The molecule has 0 saturated heterocycles. The van der Waals surface area contributed by atoms with Crippen molar-refractivity contribution in [2.75, 3.05) is 47.5 Å². The highest BCUT2D eigenvalue weighted by molar-refractivity contribution is 5.70. The normalized spacial score (nSPS) is 13.8. The summed E-state index contributed by atoms with van der Waals surface area (Å²) in [4.78, 5) is 37.5. The van der Waals surface area contributed by atoms with Crippen molar-refractivity contribution < 1.29 is 42.9 Å². The molecule has 0 aromatic heterocycles. The molecular formula is C80H129NO8. The Hall–Kier alpha value is -5.35. The van der Waals surface area contributed by atoms with E-state index in [1.807, 2.05) is 21.1 Å². The van der Waals surface area contributed by atoms with Gasteiger partial charge in [-0.1, -0.05) is 287 Å². The van der Waals surface area contributed by atoms with Crippen LogP contribution in [0.3, 0.4) is 0 Å². The number of carboxylic acids is 1. The number of carbonyl (C=O) groups is 3. The number of nitrogens with zero attached hydrogens (tertiary/aromatic N) is 1. The molecule has 0 rings (SSSR count). The number of carbonyl (C=O) groups excluding carboxylic acids is 3. The molecule has 0 saturated carbocycles. The zero-order valence-electron chi connectivity index (χ0n) is 57.2. The molecule has 502 valence electrons. The van der Waals surface area contributed by atoms with Gasteiger partial charge in [0.1, 0.15) is 13.2 Å². The molecule has 0 aliphatic heterocycles. The van der Waals surface area contributed by atoms with Crippen LogP contribution < -0.4 is 5.11 Å². The summed E-state index contributed by atoms with van der Waals surface area (Å²) in [6, 6.07) is 0. The molecule has 89 heavy (non-hydrogen) atoms. The first kappa shape index (κ1) is 83.7. The second-order valence-corrected chi connectivity index (χ2v) is 24.1. The number of esters is 2. The molecule has 0 aliphatic rings. The van der Waals surface area contributed by atoms with Gasteiger partial charge in [-0.05, 0) is 128 Å². The van der Waals surface area contributed by atoms with Crippen LogP contribution in [0.15, 0.2) is 170 Å². The Kier molecular flexibility index (Phi) is 64.4. The van der Waals surface area contributed by atoms with Gasteiger partial charge in [-0.3, -0.25) is 9.59 Å². The molecule has 9 nitrogen and oxygen atoms in total. The predicted octanol–water partition coefficient (Wildman–Crippen LogP) is 20.9. The average Bonchev–Trinajstić information content (AvgIpc) is 3.64. The van der Waals surface area contributed by atoms with Gasteiger partial charge in [-0.25, -0.2) is 0 Å². The van der Waals surface area contributed by atoms with Gasteiger partial charge in [-0.2, -0.15) is 0 Å². The summed E-state index contributed by atoms with van der Waals surface area (Å²) in [5.41, 5.74) is 0. The Balaban J connectivity index is 4.19. The number of hydrogen-bond acceptors (Lipinski definition) is 8. The topological polar surface area (TPSA) is 111 Å². The monoisotopic (exact) mass is 1230 g/mol. The molecule has 0 spiro atoms. The van der Waals surface area contributed by atoms with Crippen molar-refractivity contribution in [2.24, 2.45) is 0 Å². The first-order valence-electron chi connectivity index (χ1n) is 35.3. The van der Waals surface area contributed by atoms with Gasteiger partial charge in [-0.15, -0.1) is 0 Å². The zero-order chi connectivity index (χ0) is 64.7. The molecular weight excluding hydrogens is 1100 g/mol. The Morgan fingerprint density at radius 2 is 0.607 bits per heavy atom. The standard InChI is InChI=1S/C80H129NO8/c1-6-8-10-12-14-16-18-20-22-24-26-28-30-32-34-36-37-38-39-40-41-43-45-47-49-51-53-55-57-59-61-63-65-67-69-71-78(83)89-76(75-88-80(79(84)85)86-73-72-81(3,4)5)74-87-77(82)70-68-66-64-62-60-58-56-54-52-50-48-46-44-42-35-33-31-29-27-25-23-21-19-17-15-13-11-9-7-2/h8-11,14-17,20-23,26-29,32-35,37-38,40-41,44,46,50,52,76,80H,6-7,12-13,18-19,24-25,30-31,36,39,42-43,45,47-49,51,53-75H2,1-5H3/b10-8-,11-9-,16-14-,17-15-,22-20-,23-21-,28-26-,29-27-,34-32-,35-33-,38-37-,41-40-,46-44-,52-50-. The Labute approximate surface area is 546 Å². The minimum absolute atomic E-state index is 0.137. The fraction of sp³-hybridized carbons (Fsp3) is 0.613. The lowest BCUT2D eigenvalue weighted by Crippen LogP contribution is -2.44. The molecule has 2 atom stereocenters. The summed E-state index contributed by atoms with van der Waals surface area (Å²) in [5.74, 6) is -2.31. The van der Waals surface area contributed by atoms with E-state index in [0.717, 1.165) is 141 Å². The van der Waals surface area contributed by atoms with Crippen LogP contribution >= 0.6 is 0 Å². The molecule has 0 amide bonds.